The summed E-state index contributed by atoms with van der Waals surface area (Å²) in [4.78, 5) is 14.8. The number of nitrogens with zero attached hydrogens (tertiary/aromatic N) is 2. The smallest absolute Gasteiger partial charge is 0.249 e. The molecule has 1 heterocycles. The SMILES string of the molecule is CC(=O)Nc1n[nH]c(-c2ccc(O)cc2)n1. The second kappa shape index (κ2) is 4.01. The Balaban J connectivity index is 2.24. The van der Waals surface area contributed by atoms with Crippen LogP contribution in [0, 0.1) is 0 Å². The fourth-order valence-electron chi connectivity index (χ4n) is 1.22. The van der Waals surface area contributed by atoms with Gasteiger partial charge in [-0.25, -0.2) is 0 Å². The van der Waals surface area contributed by atoms with E-state index in [0.29, 0.717) is 5.82 Å². The predicted molar refractivity (Wildman–Crippen MR) is 57.8 cm³/mol. The van der Waals surface area contributed by atoms with E-state index in [1.54, 1.807) is 24.3 Å². The van der Waals surface area contributed by atoms with Gasteiger partial charge in [-0.1, -0.05) is 0 Å². The summed E-state index contributed by atoms with van der Waals surface area (Å²) in [6, 6.07) is 6.51. The number of carbonyl (C=O) groups is 1. The van der Waals surface area contributed by atoms with Crippen molar-refractivity contribution in [1.82, 2.24) is 15.2 Å². The molecule has 2 aromatic rings. The van der Waals surface area contributed by atoms with Gasteiger partial charge in [0.25, 0.3) is 0 Å². The number of aromatic amines is 1. The van der Waals surface area contributed by atoms with Crippen molar-refractivity contribution >= 4 is 11.9 Å². The number of aromatic hydroxyl groups is 1. The van der Waals surface area contributed by atoms with Gasteiger partial charge in [-0.05, 0) is 24.3 Å². The lowest BCUT2D eigenvalue weighted by Crippen LogP contribution is -2.06. The third kappa shape index (κ3) is 2.17. The van der Waals surface area contributed by atoms with E-state index < -0.39 is 0 Å². The first-order chi connectivity index (χ1) is 7.65. The quantitative estimate of drug-likeness (QED) is 0.704. The number of hydrogen-bond donors (Lipinski definition) is 3. The number of amides is 1. The van der Waals surface area contributed by atoms with Crippen LogP contribution in [0.2, 0.25) is 0 Å². The maximum absolute atomic E-state index is 10.8. The first kappa shape index (κ1) is 10.2. The van der Waals surface area contributed by atoms with Gasteiger partial charge in [0.15, 0.2) is 5.82 Å². The van der Waals surface area contributed by atoms with E-state index in [2.05, 4.69) is 20.5 Å². The van der Waals surface area contributed by atoms with E-state index in [1.807, 2.05) is 0 Å². The van der Waals surface area contributed by atoms with E-state index >= 15 is 0 Å². The number of phenolic OH excluding ortho intramolecular Hbond substituents is 1. The topological polar surface area (TPSA) is 90.9 Å². The molecule has 0 aliphatic rings. The summed E-state index contributed by atoms with van der Waals surface area (Å²) >= 11 is 0. The van der Waals surface area contributed by atoms with Crippen molar-refractivity contribution in [2.24, 2.45) is 0 Å². The Morgan fingerprint density at radius 1 is 1.38 bits per heavy atom. The molecule has 0 spiro atoms. The van der Waals surface area contributed by atoms with Gasteiger partial charge in [0.05, 0.1) is 0 Å². The van der Waals surface area contributed by atoms with Crippen LogP contribution in [0.3, 0.4) is 0 Å². The summed E-state index contributed by atoms with van der Waals surface area (Å²) in [7, 11) is 0. The summed E-state index contributed by atoms with van der Waals surface area (Å²) in [5, 5.41) is 18.1. The molecule has 1 amide bonds. The summed E-state index contributed by atoms with van der Waals surface area (Å²) in [6.45, 7) is 1.39. The van der Waals surface area contributed by atoms with Crippen molar-refractivity contribution in [2.75, 3.05) is 5.32 Å². The van der Waals surface area contributed by atoms with Gasteiger partial charge in [-0.2, -0.15) is 4.98 Å². The van der Waals surface area contributed by atoms with Crippen molar-refractivity contribution in [1.29, 1.82) is 0 Å². The second-order valence-electron chi connectivity index (χ2n) is 3.24. The van der Waals surface area contributed by atoms with Gasteiger partial charge in [-0.15, -0.1) is 5.10 Å². The van der Waals surface area contributed by atoms with Crippen LogP contribution in [-0.2, 0) is 4.79 Å². The normalized spacial score (nSPS) is 10.1. The van der Waals surface area contributed by atoms with Crippen molar-refractivity contribution in [3.05, 3.63) is 24.3 Å². The average molecular weight is 218 g/mol. The summed E-state index contributed by atoms with van der Waals surface area (Å²) in [6.07, 6.45) is 0. The number of anilines is 1. The molecule has 0 aliphatic heterocycles. The molecule has 6 heteroatoms. The summed E-state index contributed by atoms with van der Waals surface area (Å²) < 4.78 is 0. The number of rotatable bonds is 2. The minimum atomic E-state index is -0.226. The zero-order chi connectivity index (χ0) is 11.5. The highest BCUT2D eigenvalue weighted by Gasteiger charge is 2.06. The number of phenols is 1. The molecule has 0 unspecified atom stereocenters. The van der Waals surface area contributed by atoms with Crippen LogP contribution in [0.15, 0.2) is 24.3 Å². The molecule has 0 atom stereocenters. The van der Waals surface area contributed by atoms with Gasteiger partial charge in [-0.3, -0.25) is 15.2 Å². The van der Waals surface area contributed by atoms with Crippen LogP contribution in [0.1, 0.15) is 6.92 Å². The first-order valence-electron chi connectivity index (χ1n) is 4.64. The molecule has 2 rings (SSSR count). The van der Waals surface area contributed by atoms with Gasteiger partial charge in [0.2, 0.25) is 11.9 Å². The van der Waals surface area contributed by atoms with Crippen LogP contribution in [0.25, 0.3) is 11.4 Å². The molecule has 16 heavy (non-hydrogen) atoms. The fraction of sp³-hybridized carbons (Fsp3) is 0.100. The highest BCUT2D eigenvalue weighted by atomic mass is 16.3. The largest absolute Gasteiger partial charge is 0.508 e. The lowest BCUT2D eigenvalue weighted by Gasteiger charge is -1.95. The number of hydrogen-bond acceptors (Lipinski definition) is 4. The van der Waals surface area contributed by atoms with Crippen molar-refractivity contribution < 1.29 is 9.90 Å². The molecule has 0 aliphatic carbocycles. The molecule has 6 nitrogen and oxygen atoms in total. The van der Waals surface area contributed by atoms with Crippen LogP contribution in [0.5, 0.6) is 5.75 Å². The minimum Gasteiger partial charge on any atom is -0.508 e. The molecular weight excluding hydrogens is 208 g/mol. The molecule has 0 saturated heterocycles. The third-order valence-corrected chi connectivity index (χ3v) is 1.91. The molecule has 1 aromatic heterocycles. The van der Waals surface area contributed by atoms with Gasteiger partial charge in [0.1, 0.15) is 5.75 Å². The van der Waals surface area contributed by atoms with E-state index in [1.165, 1.54) is 6.92 Å². The van der Waals surface area contributed by atoms with Crippen molar-refractivity contribution in [3.8, 4) is 17.1 Å². The second-order valence-corrected chi connectivity index (χ2v) is 3.24. The summed E-state index contributed by atoms with van der Waals surface area (Å²) in [5.74, 6) is 0.723. The molecule has 82 valence electrons. The lowest BCUT2D eigenvalue weighted by molar-refractivity contribution is -0.114. The Labute approximate surface area is 91.3 Å². The molecule has 0 saturated carbocycles. The Bertz CT molecular complexity index is 504. The number of H-pyrrole nitrogens is 1. The van der Waals surface area contributed by atoms with E-state index in [0.717, 1.165) is 5.56 Å². The standard InChI is InChI=1S/C10H10N4O2/c1-6(15)11-10-12-9(13-14-10)7-2-4-8(16)5-3-7/h2-5,16H,1H3,(H2,11,12,13,14,15). The fourth-order valence-corrected chi connectivity index (χ4v) is 1.22. The monoisotopic (exact) mass is 218 g/mol. The molecule has 0 fully saturated rings. The molecular formula is C10H10N4O2. The maximum Gasteiger partial charge on any atom is 0.249 e. The van der Waals surface area contributed by atoms with Crippen molar-refractivity contribution in [2.45, 2.75) is 6.92 Å². The molecule has 0 radical (unpaired) electrons. The lowest BCUT2D eigenvalue weighted by atomic mass is 10.2. The first-order valence-corrected chi connectivity index (χ1v) is 4.64. The molecule has 1 aromatic carbocycles. The van der Waals surface area contributed by atoms with Crippen LogP contribution >= 0.6 is 0 Å². The van der Waals surface area contributed by atoms with Gasteiger partial charge >= 0.3 is 0 Å². The molecule has 0 bridgehead atoms. The third-order valence-electron chi connectivity index (χ3n) is 1.91. The number of benzene rings is 1. The highest BCUT2D eigenvalue weighted by Crippen LogP contribution is 2.18. The van der Waals surface area contributed by atoms with Crippen molar-refractivity contribution in [3.63, 3.8) is 0 Å². The maximum atomic E-state index is 10.8. The summed E-state index contributed by atoms with van der Waals surface area (Å²) in [5.41, 5.74) is 0.780. The zero-order valence-electron chi connectivity index (χ0n) is 8.56. The van der Waals surface area contributed by atoms with Gasteiger partial charge in [0, 0.05) is 12.5 Å². The number of nitrogens with one attached hydrogen (secondary N) is 2. The van der Waals surface area contributed by atoms with Gasteiger partial charge < -0.3 is 5.11 Å². The van der Waals surface area contributed by atoms with E-state index in [-0.39, 0.29) is 17.6 Å². The molecule has 3 N–H and O–H groups in total. The van der Waals surface area contributed by atoms with Crippen LogP contribution in [0.4, 0.5) is 5.95 Å². The zero-order valence-corrected chi connectivity index (χ0v) is 8.56. The number of carbonyl (C=O) groups excluding carboxylic acids is 1. The van der Waals surface area contributed by atoms with Crippen LogP contribution in [-0.4, -0.2) is 26.2 Å². The minimum absolute atomic E-state index is 0.186. The van der Waals surface area contributed by atoms with E-state index in [9.17, 15) is 4.79 Å². The van der Waals surface area contributed by atoms with E-state index in [4.69, 9.17) is 5.11 Å². The Hall–Kier alpha value is -2.37. The number of aromatic nitrogens is 3. The highest BCUT2D eigenvalue weighted by molar-refractivity contribution is 5.86. The Morgan fingerprint density at radius 3 is 2.69 bits per heavy atom. The van der Waals surface area contributed by atoms with Crippen LogP contribution < -0.4 is 5.32 Å². The Kier molecular flexibility index (Phi) is 2.55. The Morgan fingerprint density at radius 2 is 2.06 bits per heavy atom. The average Bonchev–Trinajstić information content (AvgIpc) is 2.66. The predicted octanol–water partition coefficient (Wildman–Crippen LogP) is 1.14.